The van der Waals surface area contributed by atoms with Crippen LogP contribution in [-0.2, 0) is 0 Å². The van der Waals surface area contributed by atoms with E-state index in [9.17, 15) is 4.79 Å². The van der Waals surface area contributed by atoms with Crippen LogP contribution in [0, 0.1) is 5.92 Å². The Kier molecular flexibility index (Phi) is 5.67. The highest BCUT2D eigenvalue weighted by Gasteiger charge is 2.14. The van der Waals surface area contributed by atoms with Crippen LogP contribution in [0.3, 0.4) is 0 Å². The second-order valence-corrected chi connectivity index (χ2v) is 6.30. The standard InChI is InChI=1S/C13H17Br2NO/c1-9(2)6-7-16(3)13(17)11-5-4-10(14)8-12(11)15/h4-5,8-9H,6-7H2,1-3H3. The minimum atomic E-state index is 0.0602. The quantitative estimate of drug-likeness (QED) is 0.780. The van der Waals surface area contributed by atoms with E-state index < -0.39 is 0 Å². The molecule has 0 N–H and O–H groups in total. The monoisotopic (exact) mass is 361 g/mol. The number of carbonyl (C=O) groups is 1. The third-order valence-corrected chi connectivity index (χ3v) is 3.70. The summed E-state index contributed by atoms with van der Waals surface area (Å²) >= 11 is 6.80. The molecule has 0 unspecified atom stereocenters. The second-order valence-electron chi connectivity index (χ2n) is 4.53. The van der Waals surface area contributed by atoms with Crippen molar-refractivity contribution in [2.24, 2.45) is 5.92 Å². The Morgan fingerprint density at radius 2 is 2.00 bits per heavy atom. The first-order valence-corrected chi connectivity index (χ1v) is 7.21. The van der Waals surface area contributed by atoms with Gasteiger partial charge in [0.15, 0.2) is 0 Å². The molecule has 0 saturated carbocycles. The lowest BCUT2D eigenvalue weighted by Gasteiger charge is -2.19. The normalized spacial score (nSPS) is 10.7. The van der Waals surface area contributed by atoms with E-state index in [1.807, 2.05) is 25.2 Å². The number of nitrogens with zero attached hydrogens (tertiary/aromatic N) is 1. The Morgan fingerprint density at radius 3 is 2.53 bits per heavy atom. The van der Waals surface area contributed by atoms with Gasteiger partial charge < -0.3 is 4.90 Å². The lowest BCUT2D eigenvalue weighted by atomic mass is 10.1. The van der Waals surface area contributed by atoms with Crippen LogP contribution < -0.4 is 0 Å². The highest BCUT2D eigenvalue weighted by Crippen LogP contribution is 2.23. The first kappa shape index (κ1) is 14.7. The maximum absolute atomic E-state index is 12.2. The van der Waals surface area contributed by atoms with E-state index in [0.29, 0.717) is 11.5 Å². The lowest BCUT2D eigenvalue weighted by molar-refractivity contribution is 0.0788. The molecule has 0 spiro atoms. The van der Waals surface area contributed by atoms with Crippen LogP contribution >= 0.6 is 31.9 Å². The number of hydrogen-bond donors (Lipinski definition) is 0. The molecule has 94 valence electrons. The van der Waals surface area contributed by atoms with Gasteiger partial charge in [-0.3, -0.25) is 4.79 Å². The molecule has 0 aliphatic heterocycles. The molecule has 0 aliphatic rings. The molecular weight excluding hydrogens is 346 g/mol. The van der Waals surface area contributed by atoms with Gasteiger partial charge in [0.25, 0.3) is 5.91 Å². The predicted octanol–water partition coefficient (Wildman–Crippen LogP) is 4.33. The maximum atomic E-state index is 12.2. The number of carbonyl (C=O) groups excluding carboxylic acids is 1. The minimum absolute atomic E-state index is 0.0602. The van der Waals surface area contributed by atoms with Gasteiger partial charge in [-0.1, -0.05) is 29.8 Å². The molecule has 0 aromatic heterocycles. The summed E-state index contributed by atoms with van der Waals surface area (Å²) in [6.07, 6.45) is 1.02. The van der Waals surface area contributed by atoms with Gasteiger partial charge in [0.2, 0.25) is 0 Å². The van der Waals surface area contributed by atoms with Crippen molar-refractivity contribution in [2.45, 2.75) is 20.3 Å². The molecule has 1 rings (SSSR count). The number of amides is 1. The van der Waals surface area contributed by atoms with Crippen molar-refractivity contribution in [3.05, 3.63) is 32.7 Å². The molecule has 1 aromatic carbocycles. The Bertz CT molecular complexity index is 404. The van der Waals surface area contributed by atoms with Crippen molar-refractivity contribution >= 4 is 37.8 Å². The second kappa shape index (κ2) is 6.55. The molecule has 0 bridgehead atoms. The van der Waals surface area contributed by atoms with E-state index in [4.69, 9.17) is 0 Å². The Balaban J connectivity index is 2.75. The van der Waals surface area contributed by atoms with Crippen molar-refractivity contribution < 1.29 is 4.79 Å². The Labute approximate surface area is 120 Å². The van der Waals surface area contributed by atoms with E-state index in [1.165, 1.54) is 0 Å². The van der Waals surface area contributed by atoms with Crippen LogP contribution in [0.4, 0.5) is 0 Å². The molecule has 0 fully saturated rings. The first-order chi connectivity index (χ1) is 7.91. The fraction of sp³-hybridized carbons (Fsp3) is 0.462. The van der Waals surface area contributed by atoms with Gasteiger partial charge in [0.1, 0.15) is 0 Å². The third-order valence-electron chi connectivity index (χ3n) is 2.55. The van der Waals surface area contributed by atoms with Crippen molar-refractivity contribution in [3.8, 4) is 0 Å². The molecule has 1 amide bonds. The molecular formula is C13H17Br2NO. The number of rotatable bonds is 4. The SMILES string of the molecule is CC(C)CCN(C)C(=O)c1ccc(Br)cc1Br. The summed E-state index contributed by atoms with van der Waals surface area (Å²) < 4.78 is 1.79. The van der Waals surface area contributed by atoms with Gasteiger partial charge in [-0.25, -0.2) is 0 Å². The van der Waals surface area contributed by atoms with E-state index in [0.717, 1.165) is 21.9 Å². The minimum Gasteiger partial charge on any atom is -0.342 e. The fourth-order valence-corrected chi connectivity index (χ4v) is 2.64. The van der Waals surface area contributed by atoms with Crippen molar-refractivity contribution in [1.82, 2.24) is 4.90 Å². The number of halogens is 2. The molecule has 4 heteroatoms. The highest BCUT2D eigenvalue weighted by molar-refractivity contribution is 9.11. The maximum Gasteiger partial charge on any atom is 0.254 e. The Morgan fingerprint density at radius 1 is 1.35 bits per heavy atom. The van der Waals surface area contributed by atoms with Crippen LogP contribution in [0.5, 0.6) is 0 Å². The van der Waals surface area contributed by atoms with E-state index in [1.54, 1.807) is 4.90 Å². The number of benzene rings is 1. The van der Waals surface area contributed by atoms with Crippen molar-refractivity contribution in [3.63, 3.8) is 0 Å². The predicted molar refractivity (Wildman–Crippen MR) is 78.3 cm³/mol. The van der Waals surface area contributed by atoms with Gasteiger partial charge in [0.05, 0.1) is 5.56 Å². The van der Waals surface area contributed by atoms with Crippen LogP contribution in [-0.4, -0.2) is 24.4 Å². The van der Waals surface area contributed by atoms with Crippen LogP contribution in [0.1, 0.15) is 30.6 Å². The van der Waals surface area contributed by atoms with E-state index >= 15 is 0 Å². The van der Waals surface area contributed by atoms with Gasteiger partial charge in [-0.15, -0.1) is 0 Å². The molecule has 2 nitrogen and oxygen atoms in total. The summed E-state index contributed by atoms with van der Waals surface area (Å²) in [5.41, 5.74) is 0.708. The topological polar surface area (TPSA) is 20.3 Å². The average Bonchev–Trinajstić information content (AvgIpc) is 2.25. The van der Waals surface area contributed by atoms with E-state index in [2.05, 4.69) is 45.7 Å². The lowest BCUT2D eigenvalue weighted by Crippen LogP contribution is -2.28. The number of hydrogen-bond acceptors (Lipinski definition) is 1. The van der Waals surface area contributed by atoms with E-state index in [-0.39, 0.29) is 5.91 Å². The van der Waals surface area contributed by atoms with Gasteiger partial charge >= 0.3 is 0 Å². The summed E-state index contributed by atoms with van der Waals surface area (Å²) in [4.78, 5) is 13.9. The Hall–Kier alpha value is -0.350. The van der Waals surface area contributed by atoms with Crippen molar-refractivity contribution in [2.75, 3.05) is 13.6 Å². The molecule has 1 aromatic rings. The molecule has 0 atom stereocenters. The van der Waals surface area contributed by atoms with Crippen LogP contribution in [0.25, 0.3) is 0 Å². The highest BCUT2D eigenvalue weighted by atomic mass is 79.9. The zero-order chi connectivity index (χ0) is 13.0. The molecule has 0 saturated heterocycles. The summed E-state index contributed by atoms with van der Waals surface area (Å²) in [5.74, 6) is 0.670. The van der Waals surface area contributed by atoms with Crippen LogP contribution in [0.15, 0.2) is 27.1 Å². The zero-order valence-electron chi connectivity index (χ0n) is 10.3. The summed E-state index contributed by atoms with van der Waals surface area (Å²) in [6.45, 7) is 5.11. The third kappa shape index (κ3) is 4.43. The summed E-state index contributed by atoms with van der Waals surface area (Å²) in [7, 11) is 1.85. The first-order valence-electron chi connectivity index (χ1n) is 5.62. The fourth-order valence-electron chi connectivity index (χ4n) is 1.42. The zero-order valence-corrected chi connectivity index (χ0v) is 13.5. The summed E-state index contributed by atoms with van der Waals surface area (Å²) in [6, 6.07) is 5.61. The smallest absolute Gasteiger partial charge is 0.254 e. The summed E-state index contributed by atoms with van der Waals surface area (Å²) in [5, 5.41) is 0. The van der Waals surface area contributed by atoms with Crippen molar-refractivity contribution in [1.29, 1.82) is 0 Å². The van der Waals surface area contributed by atoms with Crippen LogP contribution in [0.2, 0.25) is 0 Å². The largest absolute Gasteiger partial charge is 0.342 e. The van der Waals surface area contributed by atoms with Gasteiger partial charge in [-0.05, 0) is 46.5 Å². The van der Waals surface area contributed by atoms with Gasteiger partial charge in [-0.2, -0.15) is 0 Å². The van der Waals surface area contributed by atoms with Gasteiger partial charge in [0, 0.05) is 22.5 Å². The molecule has 17 heavy (non-hydrogen) atoms. The molecule has 0 aliphatic carbocycles. The average molecular weight is 363 g/mol. The molecule has 0 radical (unpaired) electrons. The molecule has 0 heterocycles.